The highest BCUT2D eigenvalue weighted by atomic mass is 15.1. The highest BCUT2D eigenvalue weighted by molar-refractivity contribution is 5.99. The molecular weight excluding hydrogens is 677 g/mol. The van der Waals surface area contributed by atoms with Crippen LogP contribution in [0.2, 0.25) is 0 Å². The van der Waals surface area contributed by atoms with E-state index in [0.29, 0.717) is 0 Å². The van der Waals surface area contributed by atoms with E-state index in [0.717, 1.165) is 28.4 Å². The van der Waals surface area contributed by atoms with Gasteiger partial charge in [0, 0.05) is 45.0 Å². The van der Waals surface area contributed by atoms with E-state index < -0.39 is 0 Å². The lowest BCUT2D eigenvalue weighted by Crippen LogP contribution is -2.24. The molecule has 0 aliphatic heterocycles. The van der Waals surface area contributed by atoms with Crippen LogP contribution in [0, 0.1) is 0 Å². The normalized spacial score (nSPS) is 14.0. The number of para-hydroxylation sites is 4. The molecular formula is C54H44N2. The van der Waals surface area contributed by atoms with Gasteiger partial charge in [0.05, 0.1) is 0 Å². The summed E-state index contributed by atoms with van der Waals surface area (Å²) in [4.78, 5) is 4.78. The topological polar surface area (TPSA) is 6.48 Å². The predicted molar refractivity (Wildman–Crippen MR) is 236 cm³/mol. The zero-order valence-electron chi connectivity index (χ0n) is 32.4. The van der Waals surface area contributed by atoms with Crippen molar-refractivity contribution >= 4 is 34.1 Å². The molecule has 0 spiro atoms. The summed E-state index contributed by atoms with van der Waals surface area (Å²) in [5.41, 5.74) is 19.9. The first-order chi connectivity index (χ1) is 27.3. The summed E-state index contributed by atoms with van der Waals surface area (Å²) in [5.74, 6) is 0. The monoisotopic (exact) mass is 720 g/mol. The van der Waals surface area contributed by atoms with Crippen LogP contribution in [0.25, 0.3) is 33.4 Å². The molecule has 0 saturated carbocycles. The lowest BCUT2D eigenvalue weighted by atomic mass is 9.72. The van der Waals surface area contributed by atoms with Gasteiger partial charge >= 0.3 is 0 Å². The number of anilines is 6. The van der Waals surface area contributed by atoms with Crippen molar-refractivity contribution in [3.05, 3.63) is 216 Å². The highest BCUT2D eigenvalue weighted by Gasteiger charge is 2.47. The Bertz CT molecular complexity index is 2640. The molecule has 10 rings (SSSR count). The van der Waals surface area contributed by atoms with Crippen LogP contribution in [-0.4, -0.2) is 0 Å². The maximum absolute atomic E-state index is 2.47. The van der Waals surface area contributed by atoms with Gasteiger partial charge in [-0.25, -0.2) is 0 Å². The van der Waals surface area contributed by atoms with Gasteiger partial charge in [0.2, 0.25) is 0 Å². The Kier molecular flexibility index (Phi) is 7.87. The molecule has 0 atom stereocenters. The first-order valence-corrected chi connectivity index (χ1v) is 19.7. The highest BCUT2D eigenvalue weighted by Crippen LogP contribution is 2.61. The summed E-state index contributed by atoms with van der Waals surface area (Å²) >= 11 is 0. The Hall–Kier alpha value is -6.64. The Morgan fingerprint density at radius 3 is 1.21 bits per heavy atom. The van der Waals surface area contributed by atoms with Crippen LogP contribution < -0.4 is 9.80 Å². The maximum Gasteiger partial charge on any atom is 0.0471 e. The van der Waals surface area contributed by atoms with Gasteiger partial charge in [0.1, 0.15) is 0 Å². The Labute approximate surface area is 331 Å². The van der Waals surface area contributed by atoms with E-state index >= 15 is 0 Å². The lowest BCUT2D eigenvalue weighted by molar-refractivity contribution is 0.601. The van der Waals surface area contributed by atoms with Gasteiger partial charge in [-0.15, -0.1) is 0 Å². The summed E-state index contributed by atoms with van der Waals surface area (Å²) in [6, 6.07) is 70.8. The third-order valence-corrected chi connectivity index (χ3v) is 12.1. The van der Waals surface area contributed by atoms with Crippen molar-refractivity contribution in [1.29, 1.82) is 0 Å². The second-order valence-electron chi connectivity index (χ2n) is 16.2. The fraction of sp³-hybridized carbons (Fsp3) is 0.111. The quantitative estimate of drug-likeness (QED) is 0.162. The van der Waals surface area contributed by atoms with Crippen LogP contribution in [0.3, 0.4) is 0 Å². The first kappa shape index (κ1) is 33.9. The van der Waals surface area contributed by atoms with Crippen molar-refractivity contribution in [2.45, 2.75) is 38.5 Å². The SMILES string of the molecule is CC1(C)c2cc(N(c3ccccc3)c3ccccc3)ccc2-c2ccc3c(c21)C(C)(C)c1cc(N(c2ccccc2)c2ccccc2)cc(-c2ccccc2)c1-3. The van der Waals surface area contributed by atoms with Crippen molar-refractivity contribution in [2.24, 2.45) is 0 Å². The third-order valence-electron chi connectivity index (χ3n) is 12.1. The van der Waals surface area contributed by atoms with Gasteiger partial charge in [-0.3, -0.25) is 0 Å². The molecule has 0 fully saturated rings. The second kappa shape index (κ2) is 13.0. The van der Waals surface area contributed by atoms with Crippen LogP contribution in [0.5, 0.6) is 0 Å². The summed E-state index contributed by atoms with van der Waals surface area (Å²) in [5, 5.41) is 0. The van der Waals surface area contributed by atoms with E-state index in [1.807, 2.05) is 0 Å². The minimum absolute atomic E-state index is 0.236. The van der Waals surface area contributed by atoms with Crippen molar-refractivity contribution < 1.29 is 0 Å². The first-order valence-electron chi connectivity index (χ1n) is 19.7. The molecule has 8 aromatic rings. The summed E-state index contributed by atoms with van der Waals surface area (Å²) < 4.78 is 0. The fourth-order valence-corrected chi connectivity index (χ4v) is 9.61. The van der Waals surface area contributed by atoms with Gasteiger partial charge in [-0.2, -0.15) is 0 Å². The van der Waals surface area contributed by atoms with E-state index in [2.05, 4.69) is 232 Å². The largest absolute Gasteiger partial charge is 0.310 e. The number of benzene rings is 8. The van der Waals surface area contributed by atoms with Crippen molar-refractivity contribution in [2.75, 3.05) is 9.80 Å². The minimum Gasteiger partial charge on any atom is -0.310 e. The van der Waals surface area contributed by atoms with E-state index in [9.17, 15) is 0 Å². The number of nitrogens with zero attached hydrogens (tertiary/aromatic N) is 2. The molecule has 0 saturated heterocycles. The van der Waals surface area contributed by atoms with Gasteiger partial charge < -0.3 is 9.80 Å². The number of fused-ring (bicyclic) bond motifs is 7. The maximum atomic E-state index is 2.47. The summed E-state index contributed by atoms with van der Waals surface area (Å²) in [7, 11) is 0. The van der Waals surface area contributed by atoms with Crippen LogP contribution >= 0.6 is 0 Å². The molecule has 270 valence electrons. The third kappa shape index (κ3) is 5.24. The van der Waals surface area contributed by atoms with E-state index in [4.69, 9.17) is 0 Å². The van der Waals surface area contributed by atoms with Crippen LogP contribution in [-0.2, 0) is 10.8 Å². The van der Waals surface area contributed by atoms with Gasteiger partial charge in [-0.1, -0.05) is 149 Å². The Morgan fingerprint density at radius 1 is 0.304 bits per heavy atom. The van der Waals surface area contributed by atoms with Gasteiger partial charge in [0.15, 0.2) is 0 Å². The molecule has 0 bridgehead atoms. The molecule has 2 heteroatoms. The zero-order valence-corrected chi connectivity index (χ0v) is 32.4. The van der Waals surface area contributed by atoms with E-state index in [1.54, 1.807) is 0 Å². The molecule has 0 N–H and O–H groups in total. The van der Waals surface area contributed by atoms with E-state index in [1.165, 1.54) is 61.3 Å². The molecule has 8 aromatic carbocycles. The van der Waals surface area contributed by atoms with Crippen molar-refractivity contribution in [3.63, 3.8) is 0 Å². The minimum atomic E-state index is -0.267. The average molecular weight is 721 g/mol. The van der Waals surface area contributed by atoms with Crippen LogP contribution in [0.1, 0.15) is 49.9 Å². The number of rotatable bonds is 7. The summed E-state index contributed by atoms with van der Waals surface area (Å²) in [6.07, 6.45) is 0. The van der Waals surface area contributed by atoms with Gasteiger partial charge in [0.25, 0.3) is 0 Å². The molecule has 0 unspecified atom stereocenters. The molecule has 0 heterocycles. The molecule has 0 radical (unpaired) electrons. The van der Waals surface area contributed by atoms with Crippen molar-refractivity contribution in [3.8, 4) is 33.4 Å². The second-order valence-corrected chi connectivity index (χ2v) is 16.2. The van der Waals surface area contributed by atoms with Crippen LogP contribution in [0.4, 0.5) is 34.1 Å². The molecule has 2 aliphatic rings. The Morgan fingerprint density at radius 2 is 0.696 bits per heavy atom. The molecule has 0 amide bonds. The van der Waals surface area contributed by atoms with E-state index in [-0.39, 0.29) is 10.8 Å². The van der Waals surface area contributed by atoms with Crippen LogP contribution in [0.15, 0.2) is 194 Å². The number of hydrogen-bond donors (Lipinski definition) is 0. The lowest BCUT2D eigenvalue weighted by Gasteiger charge is -2.32. The molecule has 56 heavy (non-hydrogen) atoms. The summed E-state index contributed by atoms with van der Waals surface area (Å²) in [6.45, 7) is 9.77. The predicted octanol–water partition coefficient (Wildman–Crippen LogP) is 14.9. The molecule has 2 aliphatic carbocycles. The van der Waals surface area contributed by atoms with Gasteiger partial charge in [-0.05, 0) is 128 Å². The zero-order chi connectivity index (χ0) is 38.0. The standard InChI is InChI=1S/C54H44N2/c1-53(2)48-35-42(55(38-22-12-6-13-23-38)39-24-14-7-15-25-39)30-31-44(48)45-32-33-46-50-47(37-20-10-5-11-21-37)34-43(36-49(50)54(3,4)52(46)51(45)53)56(40-26-16-8-17-27-40)41-28-18-9-19-29-41/h5-36H,1-4H3. The number of hydrogen-bond acceptors (Lipinski definition) is 2. The Balaban J connectivity index is 1.17. The fourth-order valence-electron chi connectivity index (χ4n) is 9.61. The molecule has 0 aromatic heterocycles. The smallest absolute Gasteiger partial charge is 0.0471 e. The average Bonchev–Trinajstić information content (AvgIpc) is 3.61. The molecule has 2 nitrogen and oxygen atoms in total. The van der Waals surface area contributed by atoms with Crippen molar-refractivity contribution in [1.82, 2.24) is 0 Å².